The highest BCUT2D eigenvalue weighted by Gasteiger charge is 2.47. The highest BCUT2D eigenvalue weighted by atomic mass is 16.3. The Bertz CT molecular complexity index is 4330. The molecule has 7 heteroatoms. The van der Waals surface area contributed by atoms with Gasteiger partial charge in [-0.25, -0.2) is 0 Å². The lowest BCUT2D eigenvalue weighted by atomic mass is 9.46. The van der Waals surface area contributed by atoms with Gasteiger partial charge in [0, 0.05) is 83.8 Å². The van der Waals surface area contributed by atoms with Crippen molar-refractivity contribution in [1.82, 2.24) is 4.57 Å². The van der Waals surface area contributed by atoms with E-state index in [-0.39, 0.29) is 17.7 Å². The molecule has 340 valence electrons. The van der Waals surface area contributed by atoms with E-state index in [9.17, 15) is 0 Å². The zero-order valence-corrected chi connectivity index (χ0v) is 40.5. The van der Waals surface area contributed by atoms with Crippen molar-refractivity contribution in [2.24, 2.45) is 0 Å². The first-order chi connectivity index (χ1) is 34.5. The molecule has 0 saturated heterocycles. The monoisotopic (exact) mass is 917 g/mol. The molecular weight excluding hydrogens is 870 g/mol. The van der Waals surface area contributed by atoms with E-state index in [2.05, 4.69) is 232 Å². The Balaban J connectivity index is 1.04. The molecule has 0 fully saturated rings. The second kappa shape index (κ2) is 14.1. The summed E-state index contributed by atoms with van der Waals surface area (Å²) in [6.45, 7) is 13.4. The van der Waals surface area contributed by atoms with Crippen LogP contribution in [0.3, 0.4) is 0 Å². The van der Waals surface area contributed by atoms with E-state index in [1.54, 1.807) is 0 Å². The summed E-state index contributed by atoms with van der Waals surface area (Å²) >= 11 is 0. The molecule has 15 rings (SSSR count). The number of furan rings is 3. The fraction of sp³-hybridized carbons (Fsp3) is 0.125. The molecule has 2 aliphatic rings. The molecule has 13 aromatic rings. The van der Waals surface area contributed by atoms with E-state index in [1.165, 1.54) is 33.1 Å². The third-order valence-corrected chi connectivity index (χ3v) is 15.4. The van der Waals surface area contributed by atoms with Crippen molar-refractivity contribution in [3.05, 3.63) is 193 Å². The Morgan fingerprint density at radius 2 is 1.04 bits per heavy atom. The maximum absolute atomic E-state index is 7.38. The van der Waals surface area contributed by atoms with Gasteiger partial charge in [0.15, 0.2) is 0 Å². The number of hydrogen-bond donors (Lipinski definition) is 0. The number of aromatic nitrogens is 1. The van der Waals surface area contributed by atoms with Gasteiger partial charge in [-0.05, 0) is 118 Å². The van der Waals surface area contributed by atoms with Crippen molar-refractivity contribution in [1.29, 1.82) is 0 Å². The largest absolute Gasteiger partial charge is 0.466 e. The minimum absolute atomic E-state index is 0.0139. The van der Waals surface area contributed by atoms with Crippen LogP contribution in [0.2, 0.25) is 0 Å². The van der Waals surface area contributed by atoms with Crippen molar-refractivity contribution >= 4 is 123 Å². The minimum Gasteiger partial charge on any atom is -0.466 e. The molecule has 0 radical (unpaired) electrons. The first-order valence-corrected chi connectivity index (χ1v) is 24.8. The highest BCUT2D eigenvalue weighted by molar-refractivity contribution is 6.93. The number of anilines is 5. The molecule has 71 heavy (non-hydrogen) atoms. The molecule has 4 aromatic heterocycles. The number of nitrogens with zero attached hydrogens (tertiary/aromatic N) is 3. The fourth-order valence-corrected chi connectivity index (χ4v) is 12.0. The molecule has 0 spiro atoms. The summed E-state index contributed by atoms with van der Waals surface area (Å²) in [5.74, 6) is 0. The Hall–Kier alpha value is -8.42. The first-order valence-electron chi connectivity index (χ1n) is 24.8. The van der Waals surface area contributed by atoms with Gasteiger partial charge in [0.1, 0.15) is 33.6 Å². The quantitative estimate of drug-likeness (QED) is 0.165. The fourth-order valence-electron chi connectivity index (χ4n) is 12.0. The number of rotatable bonds is 4. The van der Waals surface area contributed by atoms with Crippen molar-refractivity contribution in [2.75, 3.05) is 9.71 Å². The van der Waals surface area contributed by atoms with E-state index in [1.807, 2.05) is 6.07 Å². The van der Waals surface area contributed by atoms with E-state index in [0.717, 1.165) is 111 Å². The molecule has 0 saturated carbocycles. The summed E-state index contributed by atoms with van der Waals surface area (Å²) in [4.78, 5) is 4.82. The average Bonchev–Trinajstić information content (AvgIpc) is 4.14. The van der Waals surface area contributed by atoms with Crippen molar-refractivity contribution in [3.8, 4) is 16.8 Å². The first kappa shape index (κ1) is 40.5. The van der Waals surface area contributed by atoms with Gasteiger partial charge in [0.05, 0.1) is 16.7 Å². The molecule has 0 unspecified atom stereocenters. The zero-order valence-electron chi connectivity index (χ0n) is 40.5. The van der Waals surface area contributed by atoms with Crippen LogP contribution in [0.5, 0.6) is 0 Å². The van der Waals surface area contributed by atoms with Gasteiger partial charge in [-0.1, -0.05) is 126 Å². The Morgan fingerprint density at radius 1 is 0.423 bits per heavy atom. The average molecular weight is 918 g/mol. The van der Waals surface area contributed by atoms with E-state index < -0.39 is 0 Å². The van der Waals surface area contributed by atoms with Gasteiger partial charge in [-0.2, -0.15) is 0 Å². The van der Waals surface area contributed by atoms with Gasteiger partial charge in [0.25, 0.3) is 0 Å². The van der Waals surface area contributed by atoms with Crippen LogP contribution in [0.15, 0.2) is 195 Å². The molecule has 6 heterocycles. The van der Waals surface area contributed by atoms with Gasteiger partial charge < -0.3 is 27.5 Å². The van der Waals surface area contributed by atoms with Crippen LogP contribution < -0.4 is 20.8 Å². The van der Waals surface area contributed by atoms with Crippen LogP contribution in [0.4, 0.5) is 28.4 Å². The molecule has 0 bridgehead atoms. The normalized spacial score (nSPS) is 13.4. The molecule has 0 N–H and O–H groups in total. The van der Waals surface area contributed by atoms with E-state index in [4.69, 9.17) is 13.3 Å². The maximum atomic E-state index is 7.38. The lowest BCUT2D eigenvalue weighted by molar-refractivity contribution is 0.590. The Kier molecular flexibility index (Phi) is 8.04. The predicted octanol–water partition coefficient (Wildman–Crippen LogP) is 16.6. The number of fused-ring (bicyclic) bond motifs is 16. The number of benzene rings is 9. The summed E-state index contributed by atoms with van der Waals surface area (Å²) in [5.41, 5.74) is 20.0. The van der Waals surface area contributed by atoms with E-state index in [0.29, 0.717) is 0 Å². The second-order valence-electron chi connectivity index (χ2n) is 21.7. The Labute approximate surface area is 411 Å². The number of hydrogen-bond acceptors (Lipinski definition) is 5. The van der Waals surface area contributed by atoms with E-state index >= 15 is 0 Å². The third kappa shape index (κ3) is 5.72. The third-order valence-electron chi connectivity index (χ3n) is 15.4. The number of para-hydroxylation sites is 3. The molecule has 0 atom stereocenters. The van der Waals surface area contributed by atoms with Gasteiger partial charge >= 0.3 is 6.85 Å². The van der Waals surface area contributed by atoms with Crippen LogP contribution in [-0.2, 0) is 10.8 Å². The van der Waals surface area contributed by atoms with Gasteiger partial charge in [-0.3, -0.25) is 0 Å². The molecule has 6 nitrogen and oxygen atoms in total. The van der Waals surface area contributed by atoms with Crippen molar-refractivity contribution < 1.29 is 13.3 Å². The topological polar surface area (TPSA) is 50.8 Å². The SMILES string of the molecule is CC(C)(C)c1ccc(N2B3c4oc5ccc(C(C)(C)C)cc5c4-n4c5cc6c(cc5c5ccc(c3c54)-c3cc4c(cc32)oc2cc(N(c3ccccc3)c3ccccc3)ccc24)oc2ccccc26)cc1. The van der Waals surface area contributed by atoms with Crippen molar-refractivity contribution in [3.63, 3.8) is 0 Å². The van der Waals surface area contributed by atoms with Crippen molar-refractivity contribution in [2.45, 2.75) is 52.4 Å². The predicted molar refractivity (Wildman–Crippen MR) is 296 cm³/mol. The zero-order chi connectivity index (χ0) is 47.7. The molecular formula is C64H48BN3O3. The maximum Gasteiger partial charge on any atom is 0.375 e. The van der Waals surface area contributed by atoms with Crippen LogP contribution in [0, 0.1) is 0 Å². The summed E-state index contributed by atoms with van der Waals surface area (Å²) in [6.07, 6.45) is 0. The van der Waals surface area contributed by atoms with Gasteiger partial charge in [-0.15, -0.1) is 0 Å². The summed E-state index contributed by atoms with van der Waals surface area (Å²) < 4.78 is 23.5. The van der Waals surface area contributed by atoms with Crippen LogP contribution >= 0.6 is 0 Å². The molecule has 9 aromatic carbocycles. The molecule has 0 amide bonds. The van der Waals surface area contributed by atoms with Crippen LogP contribution in [0.1, 0.15) is 52.7 Å². The minimum atomic E-state index is -0.304. The second-order valence-corrected chi connectivity index (χ2v) is 21.7. The summed E-state index contributed by atoms with van der Waals surface area (Å²) in [7, 11) is 0. The van der Waals surface area contributed by atoms with Crippen LogP contribution in [0.25, 0.3) is 93.5 Å². The lowest BCUT2D eigenvalue weighted by Crippen LogP contribution is -2.60. The van der Waals surface area contributed by atoms with Gasteiger partial charge in [0.2, 0.25) is 0 Å². The summed E-state index contributed by atoms with van der Waals surface area (Å²) in [6, 6.07) is 66.1. The van der Waals surface area contributed by atoms with Crippen LogP contribution in [-0.4, -0.2) is 11.4 Å². The molecule has 2 aliphatic heterocycles. The molecule has 0 aliphatic carbocycles. The standard InChI is InChI=1S/C64H48BN3O3/c1-63(2,3)37-21-24-41(25-22-37)68-53-36-58-49(44-27-26-42(32-56(44)70-58)66(39-15-9-7-10-16-39)40-17-11-8-12-18-40)33-47(53)45-28-29-46-48-35-57-50(43-19-13-14-20-54(43)69-57)34-52(48)67-60(46)59(45)65(68)62-61(67)51-31-38(64(4,5)6)23-30-55(51)71-62/h7-36H,1-6H3. The highest BCUT2D eigenvalue weighted by Crippen LogP contribution is 2.50. The lowest BCUT2D eigenvalue weighted by Gasteiger charge is -2.40. The summed E-state index contributed by atoms with van der Waals surface area (Å²) in [5, 5.41) is 7.82. The smallest absolute Gasteiger partial charge is 0.375 e. The Morgan fingerprint density at radius 3 is 1.79 bits per heavy atom.